The van der Waals surface area contributed by atoms with Crippen LogP contribution in [0.15, 0.2) is 30.6 Å². The minimum Gasteiger partial charge on any atom is -0.486 e. The second-order valence-electron chi connectivity index (χ2n) is 10.4. The Bertz CT molecular complexity index is 1380. The highest BCUT2D eigenvalue weighted by Gasteiger charge is 2.32. The van der Waals surface area contributed by atoms with E-state index in [2.05, 4.69) is 43.9 Å². The molecule has 1 saturated heterocycles. The van der Waals surface area contributed by atoms with Gasteiger partial charge in [-0.25, -0.2) is 4.98 Å². The van der Waals surface area contributed by atoms with Crippen LogP contribution in [0.2, 0.25) is 10.0 Å². The Balaban J connectivity index is 1.20. The molecule has 0 bridgehead atoms. The van der Waals surface area contributed by atoms with Crippen LogP contribution < -0.4 is 4.74 Å². The number of hydrogen-bond acceptors (Lipinski definition) is 6. The molecule has 0 spiro atoms. The molecule has 1 fully saturated rings. The van der Waals surface area contributed by atoms with E-state index in [1.807, 2.05) is 25.1 Å². The maximum Gasteiger partial charge on any atom is 0.159 e. The highest BCUT2D eigenvalue weighted by atomic mass is 35.5. The molecule has 4 aromatic rings. The van der Waals surface area contributed by atoms with Gasteiger partial charge in [-0.15, -0.1) is 0 Å². The van der Waals surface area contributed by atoms with E-state index in [0.717, 1.165) is 47.1 Å². The van der Waals surface area contributed by atoms with E-state index >= 15 is 0 Å². The zero-order valence-electron chi connectivity index (χ0n) is 21.3. The van der Waals surface area contributed by atoms with Crippen molar-refractivity contribution < 1.29 is 4.74 Å². The molecule has 37 heavy (non-hydrogen) atoms. The Morgan fingerprint density at radius 3 is 2.57 bits per heavy atom. The van der Waals surface area contributed by atoms with E-state index in [-0.39, 0.29) is 6.10 Å². The molecule has 0 radical (unpaired) electrons. The van der Waals surface area contributed by atoms with Crippen LogP contribution >= 0.6 is 23.2 Å². The van der Waals surface area contributed by atoms with Crippen LogP contribution in [-0.2, 0) is 13.1 Å². The molecule has 0 saturated carbocycles. The number of aromatic amines is 2. The molecule has 2 unspecified atom stereocenters. The van der Waals surface area contributed by atoms with Crippen molar-refractivity contribution >= 4 is 34.1 Å². The molecule has 2 aliphatic rings. The lowest BCUT2D eigenvalue weighted by Gasteiger charge is -2.36. The third-order valence-corrected chi connectivity index (χ3v) is 8.57. The SMILES string of the molecule is CC(Oc1ccc2[nH]nc(-c3nc4c([nH]3)CN(C(C)C3CCN(C)CC3)C4)c2c1)c1c(Cl)cncc1Cl. The number of pyridine rings is 1. The molecule has 194 valence electrons. The number of benzene rings is 1. The molecule has 1 aromatic carbocycles. The summed E-state index contributed by atoms with van der Waals surface area (Å²) in [5.74, 6) is 2.23. The molecule has 2 atom stereocenters. The lowest BCUT2D eigenvalue weighted by atomic mass is 9.90. The van der Waals surface area contributed by atoms with Crippen molar-refractivity contribution in [2.45, 2.75) is 51.9 Å². The van der Waals surface area contributed by atoms with E-state index in [1.165, 1.54) is 31.6 Å². The Labute approximate surface area is 226 Å². The quantitative estimate of drug-likeness (QED) is 0.320. The Morgan fingerprint density at radius 1 is 1.08 bits per heavy atom. The van der Waals surface area contributed by atoms with Gasteiger partial charge in [-0.2, -0.15) is 5.10 Å². The average Bonchev–Trinajstić information content (AvgIpc) is 3.57. The number of nitrogens with one attached hydrogen (secondary N) is 2. The molecular formula is C27H31Cl2N7O. The van der Waals surface area contributed by atoms with Gasteiger partial charge in [0, 0.05) is 42.5 Å². The van der Waals surface area contributed by atoms with Gasteiger partial charge < -0.3 is 14.6 Å². The highest BCUT2D eigenvalue weighted by Crippen LogP contribution is 2.36. The summed E-state index contributed by atoms with van der Waals surface area (Å²) in [6, 6.07) is 6.41. The van der Waals surface area contributed by atoms with E-state index in [4.69, 9.17) is 32.9 Å². The number of piperidine rings is 1. The van der Waals surface area contributed by atoms with E-state index in [1.54, 1.807) is 12.4 Å². The van der Waals surface area contributed by atoms with Crippen molar-refractivity contribution in [2.24, 2.45) is 5.92 Å². The van der Waals surface area contributed by atoms with Crippen molar-refractivity contribution in [1.29, 1.82) is 0 Å². The van der Waals surface area contributed by atoms with E-state index in [0.29, 0.717) is 27.4 Å². The number of nitrogens with zero attached hydrogens (tertiary/aromatic N) is 5. The first-order valence-electron chi connectivity index (χ1n) is 12.8. The summed E-state index contributed by atoms with van der Waals surface area (Å²) in [5, 5.41) is 9.61. The van der Waals surface area contributed by atoms with E-state index < -0.39 is 0 Å². The second kappa shape index (κ2) is 9.91. The number of rotatable bonds is 6. The van der Waals surface area contributed by atoms with Gasteiger partial charge in [0.05, 0.1) is 26.9 Å². The standard InChI is InChI=1S/C27H31Cl2N7O/c1-15(17-6-8-35(3)9-7-17)36-13-23-24(14-36)32-27(31-23)26-19-10-18(4-5-22(19)33-34-26)37-16(2)25-20(28)11-30-12-21(25)29/h4-5,10-12,15-17H,6-9,13-14H2,1-3H3,(H,31,32)(H,33,34). The Kier molecular flexibility index (Phi) is 6.61. The summed E-state index contributed by atoms with van der Waals surface area (Å²) in [5.41, 5.74) is 4.73. The number of hydrogen-bond donors (Lipinski definition) is 2. The maximum atomic E-state index is 6.33. The first kappa shape index (κ1) is 24.7. The number of aromatic nitrogens is 5. The zero-order valence-corrected chi connectivity index (χ0v) is 22.8. The third-order valence-electron chi connectivity index (χ3n) is 7.97. The molecule has 0 amide bonds. The van der Waals surface area contributed by atoms with Crippen molar-refractivity contribution in [3.05, 3.63) is 57.6 Å². The summed E-state index contributed by atoms with van der Waals surface area (Å²) in [7, 11) is 2.22. The monoisotopic (exact) mass is 539 g/mol. The van der Waals surface area contributed by atoms with Crippen LogP contribution in [0, 0.1) is 5.92 Å². The molecule has 8 nitrogen and oxygen atoms in total. The van der Waals surface area contributed by atoms with Gasteiger partial charge in [0.25, 0.3) is 0 Å². The molecule has 6 rings (SSSR count). The second-order valence-corrected chi connectivity index (χ2v) is 11.2. The largest absolute Gasteiger partial charge is 0.486 e. The Morgan fingerprint density at radius 2 is 1.84 bits per heavy atom. The number of ether oxygens (including phenoxy) is 1. The fourth-order valence-electron chi connectivity index (χ4n) is 5.69. The van der Waals surface area contributed by atoms with Crippen molar-refractivity contribution in [3.8, 4) is 17.3 Å². The van der Waals surface area contributed by atoms with Crippen LogP contribution in [0.4, 0.5) is 0 Å². The lowest BCUT2D eigenvalue weighted by Crippen LogP contribution is -2.41. The molecule has 3 aromatic heterocycles. The summed E-state index contributed by atoms with van der Waals surface area (Å²) in [6.45, 7) is 8.45. The van der Waals surface area contributed by atoms with Crippen LogP contribution in [0.1, 0.15) is 49.7 Å². The predicted molar refractivity (Wildman–Crippen MR) is 146 cm³/mol. The summed E-state index contributed by atoms with van der Waals surface area (Å²) in [4.78, 5) is 17.5. The van der Waals surface area contributed by atoms with Gasteiger partial charge >= 0.3 is 0 Å². The first-order chi connectivity index (χ1) is 17.9. The van der Waals surface area contributed by atoms with Crippen LogP contribution in [-0.4, -0.2) is 61.1 Å². The fraction of sp³-hybridized carbons (Fsp3) is 0.444. The Hall–Kier alpha value is -2.65. The highest BCUT2D eigenvalue weighted by molar-refractivity contribution is 6.35. The van der Waals surface area contributed by atoms with Crippen LogP contribution in [0.3, 0.4) is 0 Å². The van der Waals surface area contributed by atoms with Crippen molar-refractivity contribution in [1.82, 2.24) is 34.9 Å². The van der Waals surface area contributed by atoms with Gasteiger partial charge in [-0.1, -0.05) is 23.2 Å². The third kappa shape index (κ3) is 4.72. The summed E-state index contributed by atoms with van der Waals surface area (Å²) in [6.07, 6.45) is 5.34. The van der Waals surface area contributed by atoms with Crippen LogP contribution in [0.5, 0.6) is 5.75 Å². The molecule has 2 N–H and O–H groups in total. The number of likely N-dealkylation sites (tertiary alicyclic amines) is 1. The normalized spacial score (nSPS) is 18.8. The molecule has 5 heterocycles. The van der Waals surface area contributed by atoms with E-state index in [9.17, 15) is 0 Å². The minimum atomic E-state index is -0.347. The zero-order chi connectivity index (χ0) is 25.7. The first-order valence-corrected chi connectivity index (χ1v) is 13.6. The molecule has 10 heteroatoms. The topological polar surface area (TPSA) is 86.0 Å². The van der Waals surface area contributed by atoms with Crippen molar-refractivity contribution in [3.63, 3.8) is 0 Å². The van der Waals surface area contributed by atoms with Gasteiger partial charge in [0.1, 0.15) is 17.5 Å². The molecule has 0 aliphatic carbocycles. The average molecular weight is 540 g/mol. The lowest BCUT2D eigenvalue weighted by molar-refractivity contribution is 0.103. The van der Waals surface area contributed by atoms with Gasteiger partial charge in [0.15, 0.2) is 5.82 Å². The maximum absolute atomic E-state index is 6.33. The number of fused-ring (bicyclic) bond motifs is 2. The van der Waals surface area contributed by atoms with Crippen LogP contribution in [0.25, 0.3) is 22.4 Å². The van der Waals surface area contributed by atoms with Gasteiger partial charge in [0.2, 0.25) is 0 Å². The number of halogens is 2. The summed E-state index contributed by atoms with van der Waals surface area (Å²) < 4.78 is 6.22. The van der Waals surface area contributed by atoms with Crippen molar-refractivity contribution in [2.75, 3.05) is 20.1 Å². The summed E-state index contributed by atoms with van der Waals surface area (Å²) >= 11 is 12.7. The predicted octanol–water partition coefficient (Wildman–Crippen LogP) is 5.84. The minimum absolute atomic E-state index is 0.347. The van der Waals surface area contributed by atoms with Gasteiger partial charge in [-0.3, -0.25) is 15.0 Å². The molecule has 2 aliphatic heterocycles. The fourth-order valence-corrected chi connectivity index (χ4v) is 6.36. The van der Waals surface area contributed by atoms with Gasteiger partial charge in [-0.05, 0) is 70.9 Å². The number of imidazole rings is 1. The number of H-pyrrole nitrogens is 2. The molecular weight excluding hydrogens is 509 g/mol. The smallest absolute Gasteiger partial charge is 0.159 e.